The molecule has 136 valence electrons. The van der Waals surface area contributed by atoms with E-state index in [0.29, 0.717) is 18.1 Å². The quantitative estimate of drug-likeness (QED) is 0.680. The summed E-state index contributed by atoms with van der Waals surface area (Å²) in [5.41, 5.74) is 3.37. The van der Waals surface area contributed by atoms with E-state index in [4.69, 9.17) is 4.74 Å². The molecule has 0 spiro atoms. The molecule has 2 aromatic heterocycles. The van der Waals surface area contributed by atoms with Gasteiger partial charge in [-0.05, 0) is 44.4 Å². The van der Waals surface area contributed by atoms with Crippen LogP contribution in [0.25, 0.3) is 16.6 Å². The van der Waals surface area contributed by atoms with Gasteiger partial charge >= 0.3 is 5.97 Å². The predicted octanol–water partition coefficient (Wildman–Crippen LogP) is 4.00. The summed E-state index contributed by atoms with van der Waals surface area (Å²) in [6, 6.07) is 5.16. The van der Waals surface area contributed by atoms with Crippen molar-refractivity contribution in [3.63, 3.8) is 0 Å². The topological polar surface area (TPSA) is 69.3 Å². The van der Waals surface area contributed by atoms with Crippen LogP contribution in [0.2, 0.25) is 0 Å². The Kier molecular flexibility index (Phi) is 4.18. The van der Waals surface area contributed by atoms with Crippen LogP contribution in [0.3, 0.4) is 0 Å². The fraction of sp³-hybridized carbons (Fsp3) is 0.400. The molecule has 0 aliphatic heterocycles. The Morgan fingerprint density at radius 1 is 1.35 bits per heavy atom. The van der Waals surface area contributed by atoms with E-state index in [-0.39, 0.29) is 11.7 Å². The van der Waals surface area contributed by atoms with Crippen molar-refractivity contribution in [3.8, 4) is 11.4 Å². The lowest BCUT2D eigenvalue weighted by Gasteiger charge is -2.09. The summed E-state index contributed by atoms with van der Waals surface area (Å²) < 4.78 is 9.36. The number of phenolic OH excluding ortho intramolecular Hbond substituents is 1. The molecule has 4 rings (SSSR count). The molecule has 6 nitrogen and oxygen atoms in total. The van der Waals surface area contributed by atoms with Crippen molar-refractivity contribution in [1.82, 2.24) is 14.3 Å². The SMILES string of the molecule is CCCn1cc(-n2c(C3CC3)c(C(=O)OCC)c3cc(O)ccc32)cn1. The van der Waals surface area contributed by atoms with Crippen molar-refractivity contribution in [3.05, 3.63) is 41.9 Å². The van der Waals surface area contributed by atoms with Crippen LogP contribution in [0, 0.1) is 0 Å². The Labute approximate surface area is 152 Å². The van der Waals surface area contributed by atoms with Crippen LogP contribution in [0.4, 0.5) is 0 Å². The Morgan fingerprint density at radius 2 is 2.15 bits per heavy atom. The molecule has 1 aliphatic rings. The lowest BCUT2D eigenvalue weighted by atomic mass is 10.1. The molecule has 0 radical (unpaired) electrons. The van der Waals surface area contributed by atoms with Crippen molar-refractivity contribution in [2.75, 3.05) is 6.61 Å². The first-order chi connectivity index (χ1) is 12.6. The second-order valence-corrected chi connectivity index (χ2v) is 6.75. The fourth-order valence-electron chi connectivity index (χ4n) is 3.56. The summed E-state index contributed by atoms with van der Waals surface area (Å²) >= 11 is 0. The van der Waals surface area contributed by atoms with Crippen molar-refractivity contribution >= 4 is 16.9 Å². The minimum atomic E-state index is -0.329. The summed E-state index contributed by atoms with van der Waals surface area (Å²) in [6.45, 7) is 5.09. The second-order valence-electron chi connectivity index (χ2n) is 6.75. The molecular formula is C20H23N3O3. The highest BCUT2D eigenvalue weighted by Crippen LogP contribution is 2.46. The van der Waals surface area contributed by atoms with Crippen LogP contribution >= 0.6 is 0 Å². The number of aromatic nitrogens is 3. The third-order valence-electron chi connectivity index (χ3n) is 4.76. The summed E-state index contributed by atoms with van der Waals surface area (Å²) in [5.74, 6) is 0.146. The van der Waals surface area contributed by atoms with E-state index >= 15 is 0 Å². The van der Waals surface area contributed by atoms with Crippen molar-refractivity contribution in [1.29, 1.82) is 0 Å². The van der Waals surface area contributed by atoms with Gasteiger partial charge in [-0.25, -0.2) is 4.79 Å². The van der Waals surface area contributed by atoms with Gasteiger partial charge in [-0.1, -0.05) is 6.92 Å². The molecule has 2 heterocycles. The highest BCUT2D eigenvalue weighted by Gasteiger charge is 2.35. The average Bonchev–Trinajstić information content (AvgIpc) is 3.26. The van der Waals surface area contributed by atoms with Crippen molar-refractivity contribution in [2.45, 2.75) is 45.6 Å². The van der Waals surface area contributed by atoms with Crippen LogP contribution in [0.5, 0.6) is 5.75 Å². The normalized spacial score (nSPS) is 14.1. The Bertz CT molecular complexity index is 966. The average molecular weight is 353 g/mol. The van der Waals surface area contributed by atoms with E-state index < -0.39 is 0 Å². The van der Waals surface area contributed by atoms with Gasteiger partial charge in [0, 0.05) is 29.7 Å². The molecule has 0 atom stereocenters. The highest BCUT2D eigenvalue weighted by molar-refractivity contribution is 6.07. The number of hydrogen-bond donors (Lipinski definition) is 1. The van der Waals surface area contributed by atoms with E-state index in [2.05, 4.69) is 16.6 Å². The standard InChI is InChI=1S/C20H23N3O3/c1-3-9-22-12-14(11-21-22)23-17-8-7-15(24)10-16(17)18(20(25)26-4-2)19(23)13-5-6-13/h7-8,10-13,24H,3-6,9H2,1-2H3. The number of carbonyl (C=O) groups excluding carboxylic acids is 1. The highest BCUT2D eigenvalue weighted by atomic mass is 16.5. The van der Waals surface area contributed by atoms with Gasteiger partial charge in [-0.3, -0.25) is 4.68 Å². The zero-order chi connectivity index (χ0) is 18.3. The smallest absolute Gasteiger partial charge is 0.340 e. The number of fused-ring (bicyclic) bond motifs is 1. The molecule has 0 bridgehead atoms. The molecule has 3 aromatic rings. The maximum atomic E-state index is 12.7. The van der Waals surface area contributed by atoms with Gasteiger partial charge in [0.1, 0.15) is 5.75 Å². The minimum Gasteiger partial charge on any atom is -0.508 e. The van der Waals surface area contributed by atoms with Crippen LogP contribution in [-0.4, -0.2) is 32.0 Å². The maximum absolute atomic E-state index is 12.7. The van der Waals surface area contributed by atoms with Gasteiger partial charge in [-0.15, -0.1) is 0 Å². The van der Waals surface area contributed by atoms with Crippen LogP contribution < -0.4 is 0 Å². The Hall–Kier alpha value is -2.76. The zero-order valence-corrected chi connectivity index (χ0v) is 15.1. The molecule has 0 saturated heterocycles. The number of esters is 1. The lowest BCUT2D eigenvalue weighted by Crippen LogP contribution is -2.08. The van der Waals surface area contributed by atoms with Crippen molar-refractivity contribution < 1.29 is 14.6 Å². The number of rotatable bonds is 6. The molecule has 0 amide bonds. The number of phenols is 1. The molecule has 1 N–H and O–H groups in total. The zero-order valence-electron chi connectivity index (χ0n) is 15.1. The number of ether oxygens (including phenoxy) is 1. The number of hydrogen-bond acceptors (Lipinski definition) is 4. The van der Waals surface area contributed by atoms with Crippen LogP contribution in [-0.2, 0) is 11.3 Å². The molecule has 0 unspecified atom stereocenters. The molecule has 1 aliphatic carbocycles. The molecule has 1 saturated carbocycles. The number of nitrogens with zero attached hydrogens (tertiary/aromatic N) is 3. The predicted molar refractivity (Wildman–Crippen MR) is 98.9 cm³/mol. The van der Waals surface area contributed by atoms with E-state index in [1.165, 1.54) is 0 Å². The molecule has 26 heavy (non-hydrogen) atoms. The van der Waals surface area contributed by atoms with E-state index in [9.17, 15) is 9.90 Å². The van der Waals surface area contributed by atoms with Gasteiger partial charge < -0.3 is 14.4 Å². The molecule has 1 aromatic carbocycles. The molecular weight excluding hydrogens is 330 g/mol. The lowest BCUT2D eigenvalue weighted by molar-refractivity contribution is 0.0527. The largest absolute Gasteiger partial charge is 0.508 e. The van der Waals surface area contributed by atoms with Gasteiger partial charge in [0.15, 0.2) is 0 Å². The minimum absolute atomic E-state index is 0.143. The summed E-state index contributed by atoms with van der Waals surface area (Å²) in [5, 5.41) is 15.2. The van der Waals surface area contributed by atoms with Crippen LogP contribution in [0.1, 0.15) is 55.1 Å². The first-order valence-electron chi connectivity index (χ1n) is 9.21. The summed E-state index contributed by atoms with van der Waals surface area (Å²) in [6.07, 6.45) is 6.96. The van der Waals surface area contributed by atoms with E-state index in [1.807, 2.05) is 23.1 Å². The second kappa shape index (κ2) is 6.52. The van der Waals surface area contributed by atoms with E-state index in [0.717, 1.165) is 48.1 Å². The third kappa shape index (κ3) is 2.75. The third-order valence-corrected chi connectivity index (χ3v) is 4.76. The Morgan fingerprint density at radius 3 is 2.85 bits per heavy atom. The fourth-order valence-corrected chi connectivity index (χ4v) is 3.56. The van der Waals surface area contributed by atoms with Crippen LogP contribution in [0.15, 0.2) is 30.6 Å². The number of benzene rings is 1. The number of carbonyl (C=O) groups is 1. The Balaban J connectivity index is 1.98. The van der Waals surface area contributed by atoms with Gasteiger partial charge in [-0.2, -0.15) is 5.10 Å². The van der Waals surface area contributed by atoms with Crippen molar-refractivity contribution in [2.24, 2.45) is 0 Å². The first kappa shape index (κ1) is 16.7. The van der Waals surface area contributed by atoms with Gasteiger partial charge in [0.25, 0.3) is 0 Å². The molecule has 1 fully saturated rings. The molecule has 6 heteroatoms. The number of aromatic hydroxyl groups is 1. The van der Waals surface area contributed by atoms with Gasteiger partial charge in [0.2, 0.25) is 0 Å². The monoisotopic (exact) mass is 353 g/mol. The number of aryl methyl sites for hydroxylation is 1. The van der Waals surface area contributed by atoms with E-state index in [1.54, 1.807) is 19.1 Å². The first-order valence-corrected chi connectivity index (χ1v) is 9.21. The summed E-state index contributed by atoms with van der Waals surface area (Å²) in [4.78, 5) is 12.7. The maximum Gasteiger partial charge on any atom is 0.340 e. The van der Waals surface area contributed by atoms with Gasteiger partial charge in [0.05, 0.1) is 29.6 Å². The summed E-state index contributed by atoms with van der Waals surface area (Å²) in [7, 11) is 0.